The molecule has 3 fully saturated rings. The third-order valence-electron chi connectivity index (χ3n) is 6.30. The van der Waals surface area contributed by atoms with E-state index in [0.717, 1.165) is 31.8 Å². The standard InChI is InChI=1S/C18H32N2O/c1-12-6-7-20(11-13(2)8-12)18(21)16-9-14-4-3-5-15(10-16)17(14)19/h12-17H,3-11,19H2,1-2H3. The van der Waals surface area contributed by atoms with Gasteiger partial charge < -0.3 is 10.6 Å². The average molecular weight is 292 g/mol. The van der Waals surface area contributed by atoms with Crippen molar-refractivity contribution in [2.75, 3.05) is 13.1 Å². The van der Waals surface area contributed by atoms with Crippen LogP contribution in [0, 0.1) is 29.6 Å². The highest BCUT2D eigenvalue weighted by Crippen LogP contribution is 2.42. The van der Waals surface area contributed by atoms with Crippen LogP contribution in [0.1, 0.15) is 58.8 Å². The topological polar surface area (TPSA) is 46.3 Å². The molecule has 2 bridgehead atoms. The van der Waals surface area contributed by atoms with Crippen LogP contribution in [0.25, 0.3) is 0 Å². The molecule has 21 heavy (non-hydrogen) atoms. The second-order valence-electron chi connectivity index (χ2n) is 8.22. The molecule has 0 aromatic carbocycles. The quantitative estimate of drug-likeness (QED) is 0.807. The van der Waals surface area contributed by atoms with E-state index in [0.29, 0.717) is 29.7 Å². The van der Waals surface area contributed by atoms with E-state index in [1.165, 1.54) is 32.1 Å². The van der Waals surface area contributed by atoms with Crippen molar-refractivity contribution in [1.29, 1.82) is 0 Å². The van der Waals surface area contributed by atoms with Gasteiger partial charge in [-0.05, 0) is 62.2 Å². The van der Waals surface area contributed by atoms with Crippen LogP contribution >= 0.6 is 0 Å². The first-order valence-electron chi connectivity index (χ1n) is 9.09. The highest BCUT2D eigenvalue weighted by Gasteiger charge is 2.41. The Morgan fingerprint density at radius 1 is 1.00 bits per heavy atom. The van der Waals surface area contributed by atoms with Crippen LogP contribution in [-0.4, -0.2) is 29.9 Å². The molecule has 4 atom stereocenters. The molecule has 1 saturated heterocycles. The number of likely N-dealkylation sites (tertiary alicyclic amines) is 1. The fourth-order valence-corrected chi connectivity index (χ4v) is 5.17. The number of carbonyl (C=O) groups is 1. The van der Waals surface area contributed by atoms with E-state index in [2.05, 4.69) is 18.7 Å². The zero-order chi connectivity index (χ0) is 15.0. The molecule has 1 aliphatic heterocycles. The van der Waals surface area contributed by atoms with Crippen molar-refractivity contribution in [1.82, 2.24) is 4.90 Å². The maximum absolute atomic E-state index is 13.0. The van der Waals surface area contributed by atoms with Crippen LogP contribution in [-0.2, 0) is 4.79 Å². The Kier molecular flexibility index (Phi) is 4.58. The van der Waals surface area contributed by atoms with Crippen molar-refractivity contribution in [3.05, 3.63) is 0 Å². The van der Waals surface area contributed by atoms with E-state index in [-0.39, 0.29) is 5.92 Å². The van der Waals surface area contributed by atoms with Gasteiger partial charge in [-0.15, -0.1) is 0 Å². The summed E-state index contributed by atoms with van der Waals surface area (Å²) in [6.45, 7) is 6.57. The fraction of sp³-hybridized carbons (Fsp3) is 0.944. The van der Waals surface area contributed by atoms with E-state index in [1.807, 2.05) is 0 Å². The average Bonchev–Trinajstić information content (AvgIpc) is 2.58. The van der Waals surface area contributed by atoms with Gasteiger partial charge in [0.05, 0.1) is 0 Å². The minimum atomic E-state index is 0.265. The lowest BCUT2D eigenvalue weighted by Crippen LogP contribution is -2.50. The van der Waals surface area contributed by atoms with Gasteiger partial charge in [-0.25, -0.2) is 0 Å². The van der Waals surface area contributed by atoms with Crippen molar-refractivity contribution < 1.29 is 4.79 Å². The van der Waals surface area contributed by atoms with Gasteiger partial charge in [0.15, 0.2) is 0 Å². The predicted molar refractivity (Wildman–Crippen MR) is 85.7 cm³/mol. The lowest BCUT2D eigenvalue weighted by molar-refractivity contribution is -0.139. The molecule has 0 aromatic rings. The molecule has 3 aliphatic rings. The minimum Gasteiger partial charge on any atom is -0.342 e. The summed E-state index contributed by atoms with van der Waals surface area (Å²) in [4.78, 5) is 15.2. The minimum absolute atomic E-state index is 0.265. The highest BCUT2D eigenvalue weighted by molar-refractivity contribution is 5.79. The molecule has 120 valence electrons. The summed E-state index contributed by atoms with van der Waals surface area (Å²) in [6, 6.07) is 0.367. The van der Waals surface area contributed by atoms with Crippen molar-refractivity contribution in [3.63, 3.8) is 0 Å². The number of hydrogen-bond acceptors (Lipinski definition) is 2. The molecule has 2 aliphatic carbocycles. The van der Waals surface area contributed by atoms with Gasteiger partial charge in [0.25, 0.3) is 0 Å². The highest BCUT2D eigenvalue weighted by atomic mass is 16.2. The lowest BCUT2D eigenvalue weighted by atomic mass is 9.65. The number of carbonyl (C=O) groups excluding carboxylic acids is 1. The van der Waals surface area contributed by atoms with Crippen molar-refractivity contribution >= 4 is 5.91 Å². The van der Waals surface area contributed by atoms with Gasteiger partial charge in [-0.1, -0.05) is 20.3 Å². The smallest absolute Gasteiger partial charge is 0.225 e. The van der Waals surface area contributed by atoms with E-state index in [4.69, 9.17) is 5.73 Å². The molecular weight excluding hydrogens is 260 g/mol. The lowest BCUT2D eigenvalue weighted by Gasteiger charge is -2.44. The largest absolute Gasteiger partial charge is 0.342 e. The van der Waals surface area contributed by atoms with Crippen LogP contribution in [0.4, 0.5) is 0 Å². The first-order chi connectivity index (χ1) is 10.0. The van der Waals surface area contributed by atoms with Crippen molar-refractivity contribution in [2.45, 2.75) is 64.8 Å². The maximum Gasteiger partial charge on any atom is 0.225 e. The molecule has 0 radical (unpaired) electrons. The number of nitrogens with two attached hydrogens (primary N) is 1. The molecule has 1 heterocycles. The van der Waals surface area contributed by atoms with Crippen LogP contribution < -0.4 is 5.73 Å². The van der Waals surface area contributed by atoms with Gasteiger partial charge in [-0.3, -0.25) is 4.79 Å². The van der Waals surface area contributed by atoms with Gasteiger partial charge in [0, 0.05) is 25.0 Å². The Hall–Kier alpha value is -0.570. The van der Waals surface area contributed by atoms with Gasteiger partial charge in [0.2, 0.25) is 5.91 Å². The zero-order valence-electron chi connectivity index (χ0n) is 13.8. The van der Waals surface area contributed by atoms with E-state index >= 15 is 0 Å². The molecule has 0 aromatic heterocycles. The van der Waals surface area contributed by atoms with Gasteiger partial charge in [0.1, 0.15) is 0 Å². The van der Waals surface area contributed by atoms with Gasteiger partial charge >= 0.3 is 0 Å². The molecule has 1 amide bonds. The Morgan fingerprint density at radius 3 is 2.33 bits per heavy atom. The van der Waals surface area contributed by atoms with E-state index in [1.54, 1.807) is 0 Å². The summed E-state index contributed by atoms with van der Waals surface area (Å²) in [5, 5.41) is 0. The molecule has 4 unspecified atom stereocenters. The number of nitrogens with zero attached hydrogens (tertiary/aromatic N) is 1. The van der Waals surface area contributed by atoms with Crippen LogP contribution in [0.15, 0.2) is 0 Å². The number of hydrogen-bond donors (Lipinski definition) is 1. The number of fused-ring (bicyclic) bond motifs is 2. The number of rotatable bonds is 1. The maximum atomic E-state index is 13.0. The fourth-order valence-electron chi connectivity index (χ4n) is 5.17. The zero-order valence-corrected chi connectivity index (χ0v) is 13.8. The summed E-state index contributed by atoms with van der Waals surface area (Å²) in [6.07, 6.45) is 8.36. The third-order valence-corrected chi connectivity index (χ3v) is 6.30. The Morgan fingerprint density at radius 2 is 1.67 bits per heavy atom. The molecule has 2 N–H and O–H groups in total. The molecule has 2 saturated carbocycles. The van der Waals surface area contributed by atoms with Crippen molar-refractivity contribution in [3.8, 4) is 0 Å². The number of amides is 1. The SMILES string of the molecule is CC1CCN(C(=O)C2CC3CCCC(C2)C3N)CC(C)C1. The molecular formula is C18H32N2O. The Labute approximate surface area is 129 Å². The second kappa shape index (κ2) is 6.28. The van der Waals surface area contributed by atoms with Gasteiger partial charge in [-0.2, -0.15) is 0 Å². The monoisotopic (exact) mass is 292 g/mol. The Bertz CT molecular complexity index is 369. The van der Waals surface area contributed by atoms with Crippen LogP contribution in [0.3, 0.4) is 0 Å². The molecule has 3 nitrogen and oxygen atoms in total. The first-order valence-corrected chi connectivity index (χ1v) is 9.09. The summed E-state index contributed by atoms with van der Waals surface area (Å²) in [5.41, 5.74) is 6.37. The summed E-state index contributed by atoms with van der Waals surface area (Å²) in [5.74, 6) is 3.33. The van der Waals surface area contributed by atoms with Crippen LogP contribution in [0.5, 0.6) is 0 Å². The summed E-state index contributed by atoms with van der Waals surface area (Å²) in [7, 11) is 0. The van der Waals surface area contributed by atoms with E-state index < -0.39 is 0 Å². The summed E-state index contributed by atoms with van der Waals surface area (Å²) >= 11 is 0. The molecule has 3 rings (SSSR count). The molecule has 3 heteroatoms. The van der Waals surface area contributed by atoms with E-state index in [9.17, 15) is 4.79 Å². The predicted octanol–water partition coefficient (Wildman–Crippen LogP) is 3.03. The summed E-state index contributed by atoms with van der Waals surface area (Å²) < 4.78 is 0. The van der Waals surface area contributed by atoms with Crippen molar-refractivity contribution in [2.24, 2.45) is 35.3 Å². The third kappa shape index (κ3) is 3.28. The molecule has 0 spiro atoms. The first kappa shape index (κ1) is 15.3. The Balaban J connectivity index is 1.65. The second-order valence-corrected chi connectivity index (χ2v) is 8.22. The normalized spacial score (nSPS) is 44.2. The van der Waals surface area contributed by atoms with Crippen LogP contribution in [0.2, 0.25) is 0 Å².